The second-order valence-corrected chi connectivity index (χ2v) is 4.45. The number of nitrogens with zero attached hydrogens (tertiary/aromatic N) is 1. The molecule has 0 unspecified atom stereocenters. The maximum Gasteiger partial charge on any atom is 0.188 e. The first-order valence-electron chi connectivity index (χ1n) is 4.82. The van der Waals surface area contributed by atoms with Crippen molar-refractivity contribution in [2.75, 3.05) is 19.5 Å². The molecule has 1 heterocycles. The number of methoxy groups -OCH3 is 2. The van der Waals surface area contributed by atoms with Crippen molar-refractivity contribution in [2.45, 2.75) is 0 Å². The first kappa shape index (κ1) is 12.0. The fourth-order valence-corrected chi connectivity index (χ4v) is 2.17. The number of nitrogens with one attached hydrogen (secondary N) is 1. The summed E-state index contributed by atoms with van der Waals surface area (Å²) in [6.07, 6.45) is 0. The van der Waals surface area contributed by atoms with E-state index < -0.39 is 0 Å². The summed E-state index contributed by atoms with van der Waals surface area (Å²) < 4.78 is 10.4. The molecule has 4 nitrogen and oxygen atoms in total. The molecule has 0 atom stereocenters. The number of benzene rings is 1. The quantitative estimate of drug-likeness (QED) is 0.923. The lowest BCUT2D eigenvalue weighted by Crippen LogP contribution is -1.93. The van der Waals surface area contributed by atoms with Crippen LogP contribution in [0, 0.1) is 0 Å². The van der Waals surface area contributed by atoms with Crippen molar-refractivity contribution in [3.05, 3.63) is 28.7 Å². The Morgan fingerprint density at radius 2 is 1.82 bits per heavy atom. The van der Waals surface area contributed by atoms with Gasteiger partial charge >= 0.3 is 0 Å². The summed E-state index contributed by atoms with van der Waals surface area (Å²) in [7, 11) is 3.22. The Balaban J connectivity index is 2.25. The highest BCUT2D eigenvalue weighted by molar-refractivity contribution is 7.14. The van der Waals surface area contributed by atoms with Crippen LogP contribution in [0.3, 0.4) is 0 Å². The second-order valence-electron chi connectivity index (χ2n) is 3.20. The molecule has 90 valence electrons. The van der Waals surface area contributed by atoms with Gasteiger partial charge in [-0.3, -0.25) is 0 Å². The van der Waals surface area contributed by atoms with Crippen molar-refractivity contribution in [1.82, 2.24) is 4.98 Å². The summed E-state index contributed by atoms with van der Waals surface area (Å²) in [5, 5.41) is 6.11. The SMILES string of the molecule is COc1cc(Nc2nc(Cl)cs2)cc(OC)c1. The number of hydrogen-bond donors (Lipinski definition) is 1. The third-order valence-corrected chi connectivity index (χ3v) is 3.16. The molecule has 1 aromatic carbocycles. The van der Waals surface area contributed by atoms with Crippen LogP contribution < -0.4 is 14.8 Å². The van der Waals surface area contributed by atoms with E-state index in [0.29, 0.717) is 5.15 Å². The summed E-state index contributed by atoms with van der Waals surface area (Å²) >= 11 is 7.19. The summed E-state index contributed by atoms with van der Waals surface area (Å²) in [5.74, 6) is 1.43. The molecule has 0 bridgehead atoms. The van der Waals surface area contributed by atoms with E-state index in [0.717, 1.165) is 22.3 Å². The Hall–Kier alpha value is -1.46. The molecule has 0 aliphatic carbocycles. The van der Waals surface area contributed by atoms with E-state index in [1.165, 1.54) is 11.3 Å². The predicted octanol–water partition coefficient (Wildman–Crippen LogP) is 3.56. The van der Waals surface area contributed by atoms with Crippen LogP contribution in [0.1, 0.15) is 0 Å². The van der Waals surface area contributed by atoms with Gasteiger partial charge in [0.05, 0.1) is 14.2 Å². The predicted molar refractivity (Wildman–Crippen MR) is 70.0 cm³/mol. The van der Waals surface area contributed by atoms with Crippen molar-refractivity contribution in [3.63, 3.8) is 0 Å². The van der Waals surface area contributed by atoms with Gasteiger partial charge in [0, 0.05) is 29.3 Å². The van der Waals surface area contributed by atoms with E-state index in [9.17, 15) is 0 Å². The molecule has 0 radical (unpaired) electrons. The Kier molecular flexibility index (Phi) is 3.71. The maximum atomic E-state index is 5.75. The molecule has 0 saturated heterocycles. The first-order valence-corrected chi connectivity index (χ1v) is 6.08. The lowest BCUT2D eigenvalue weighted by atomic mass is 10.3. The highest BCUT2D eigenvalue weighted by atomic mass is 35.5. The minimum Gasteiger partial charge on any atom is -0.497 e. The van der Waals surface area contributed by atoms with Gasteiger partial charge < -0.3 is 14.8 Å². The fraction of sp³-hybridized carbons (Fsp3) is 0.182. The molecule has 2 rings (SSSR count). The van der Waals surface area contributed by atoms with Gasteiger partial charge in [-0.05, 0) is 0 Å². The molecular weight excluding hydrogens is 260 g/mol. The smallest absolute Gasteiger partial charge is 0.188 e. The molecule has 6 heteroatoms. The van der Waals surface area contributed by atoms with Crippen LogP contribution in [0.15, 0.2) is 23.6 Å². The van der Waals surface area contributed by atoms with Gasteiger partial charge in [0.1, 0.15) is 16.7 Å². The number of hydrogen-bond acceptors (Lipinski definition) is 5. The highest BCUT2D eigenvalue weighted by Gasteiger charge is 2.04. The van der Waals surface area contributed by atoms with Crippen molar-refractivity contribution < 1.29 is 9.47 Å². The van der Waals surface area contributed by atoms with Crippen LogP contribution in [-0.4, -0.2) is 19.2 Å². The summed E-state index contributed by atoms with van der Waals surface area (Å²) in [6.45, 7) is 0. The van der Waals surface area contributed by atoms with Crippen LogP contribution in [0.2, 0.25) is 5.15 Å². The van der Waals surface area contributed by atoms with E-state index >= 15 is 0 Å². The zero-order valence-electron chi connectivity index (χ0n) is 9.36. The number of halogens is 1. The third-order valence-electron chi connectivity index (χ3n) is 2.08. The molecule has 0 amide bonds. The fourth-order valence-electron chi connectivity index (χ4n) is 1.31. The number of ether oxygens (including phenoxy) is 2. The zero-order chi connectivity index (χ0) is 12.3. The van der Waals surface area contributed by atoms with Crippen LogP contribution in [0.4, 0.5) is 10.8 Å². The van der Waals surface area contributed by atoms with Gasteiger partial charge in [-0.2, -0.15) is 0 Å². The van der Waals surface area contributed by atoms with E-state index in [-0.39, 0.29) is 0 Å². The van der Waals surface area contributed by atoms with Crippen LogP contribution >= 0.6 is 22.9 Å². The Bertz CT molecular complexity index is 494. The Labute approximate surface area is 108 Å². The molecule has 1 N–H and O–H groups in total. The molecule has 1 aromatic heterocycles. The van der Waals surface area contributed by atoms with Gasteiger partial charge in [0.25, 0.3) is 0 Å². The monoisotopic (exact) mass is 270 g/mol. The molecule has 0 aliphatic heterocycles. The van der Waals surface area contributed by atoms with Gasteiger partial charge in [0.2, 0.25) is 0 Å². The topological polar surface area (TPSA) is 43.4 Å². The van der Waals surface area contributed by atoms with Gasteiger partial charge in [0.15, 0.2) is 5.13 Å². The molecule has 0 spiro atoms. The minimum absolute atomic E-state index is 0.479. The van der Waals surface area contributed by atoms with E-state index in [2.05, 4.69) is 10.3 Å². The highest BCUT2D eigenvalue weighted by Crippen LogP contribution is 2.29. The van der Waals surface area contributed by atoms with Crippen molar-refractivity contribution >= 4 is 33.8 Å². The number of anilines is 2. The zero-order valence-corrected chi connectivity index (χ0v) is 10.9. The first-order chi connectivity index (χ1) is 8.21. The maximum absolute atomic E-state index is 5.75. The summed E-state index contributed by atoms with van der Waals surface area (Å²) in [4.78, 5) is 4.11. The molecule has 0 fully saturated rings. The van der Waals surface area contributed by atoms with E-state index in [4.69, 9.17) is 21.1 Å². The Morgan fingerprint density at radius 3 is 2.29 bits per heavy atom. The van der Waals surface area contributed by atoms with Crippen molar-refractivity contribution in [2.24, 2.45) is 0 Å². The normalized spacial score (nSPS) is 10.1. The Morgan fingerprint density at radius 1 is 1.18 bits per heavy atom. The molecular formula is C11H11ClN2O2S. The molecule has 0 saturated carbocycles. The molecule has 0 aliphatic rings. The number of thiazole rings is 1. The number of rotatable bonds is 4. The standard InChI is InChI=1S/C11H11ClN2O2S/c1-15-8-3-7(4-9(5-8)16-2)13-11-14-10(12)6-17-11/h3-6H,1-2H3,(H,13,14). The minimum atomic E-state index is 0.479. The molecule has 2 aromatic rings. The summed E-state index contributed by atoms with van der Waals surface area (Å²) in [5.41, 5.74) is 0.840. The van der Waals surface area contributed by atoms with Gasteiger partial charge in [-0.1, -0.05) is 11.6 Å². The lowest BCUT2D eigenvalue weighted by Gasteiger charge is -2.08. The van der Waals surface area contributed by atoms with Gasteiger partial charge in [-0.25, -0.2) is 4.98 Å². The van der Waals surface area contributed by atoms with Crippen molar-refractivity contribution in [3.8, 4) is 11.5 Å². The van der Waals surface area contributed by atoms with Crippen LogP contribution in [-0.2, 0) is 0 Å². The average molecular weight is 271 g/mol. The van der Waals surface area contributed by atoms with Crippen LogP contribution in [0.25, 0.3) is 0 Å². The second kappa shape index (κ2) is 5.25. The average Bonchev–Trinajstić information content (AvgIpc) is 2.74. The largest absolute Gasteiger partial charge is 0.497 e. The lowest BCUT2D eigenvalue weighted by molar-refractivity contribution is 0.395. The third kappa shape index (κ3) is 3.01. The van der Waals surface area contributed by atoms with E-state index in [1.54, 1.807) is 25.7 Å². The summed E-state index contributed by atoms with van der Waals surface area (Å²) in [6, 6.07) is 5.52. The van der Waals surface area contributed by atoms with Crippen molar-refractivity contribution in [1.29, 1.82) is 0 Å². The molecule has 17 heavy (non-hydrogen) atoms. The van der Waals surface area contributed by atoms with Gasteiger partial charge in [-0.15, -0.1) is 11.3 Å². The van der Waals surface area contributed by atoms with Crippen LogP contribution in [0.5, 0.6) is 11.5 Å². The van der Waals surface area contributed by atoms with E-state index in [1.807, 2.05) is 12.1 Å². The number of aromatic nitrogens is 1.